The van der Waals surface area contributed by atoms with Crippen LogP contribution in [0.4, 0.5) is 11.4 Å². The smallest absolute Gasteiger partial charge is 0.269 e. The molecular formula is C27H21Cl2N3O3S. The zero-order valence-electron chi connectivity index (χ0n) is 19.4. The molecule has 1 aliphatic heterocycles. The number of carbonyl (C=O) groups is 2. The van der Waals surface area contributed by atoms with Gasteiger partial charge in [-0.3, -0.25) is 14.5 Å². The van der Waals surface area contributed by atoms with Crippen molar-refractivity contribution < 1.29 is 14.3 Å². The maximum absolute atomic E-state index is 13.6. The van der Waals surface area contributed by atoms with E-state index in [4.69, 9.17) is 27.9 Å². The number of hydrogen-bond donors (Lipinski definition) is 1. The van der Waals surface area contributed by atoms with Crippen LogP contribution in [-0.2, 0) is 16.0 Å². The van der Waals surface area contributed by atoms with E-state index in [1.807, 2.05) is 25.1 Å². The largest absolute Gasteiger partial charge is 0.497 e. The van der Waals surface area contributed by atoms with Gasteiger partial charge in [-0.15, -0.1) is 0 Å². The monoisotopic (exact) mass is 537 g/mol. The number of carbonyl (C=O) groups excluding carboxylic acids is 2. The number of benzene rings is 3. The predicted octanol–water partition coefficient (Wildman–Crippen LogP) is 6.38. The molecular weight excluding hydrogens is 517 g/mol. The second-order valence-corrected chi connectivity index (χ2v) is 9.98. The Bertz CT molecular complexity index is 1380. The maximum Gasteiger partial charge on any atom is 0.269 e. The number of halogens is 2. The van der Waals surface area contributed by atoms with Crippen LogP contribution in [0.25, 0.3) is 0 Å². The van der Waals surface area contributed by atoms with Crippen LogP contribution in [0, 0.1) is 18.3 Å². The van der Waals surface area contributed by atoms with Crippen LogP contribution in [0.3, 0.4) is 0 Å². The highest BCUT2D eigenvalue weighted by molar-refractivity contribution is 8.05. The number of nitriles is 1. The van der Waals surface area contributed by atoms with Crippen molar-refractivity contribution >= 4 is 58.2 Å². The number of amides is 2. The van der Waals surface area contributed by atoms with Crippen LogP contribution in [0.2, 0.25) is 10.0 Å². The summed E-state index contributed by atoms with van der Waals surface area (Å²) in [5, 5.41) is 13.1. The standard InChI is InChI=1S/C27H21Cl2N3O3S/c1-16-6-8-18(9-7-16)31-25(33)21(15-30)27-32(19-10-12-20(35-2)13-11-19)26(34)23(36-27)14-17-4-3-5-22(28)24(17)29/h3-13,23H,14H2,1-2H3,(H,31,33)/b27-21-. The lowest BCUT2D eigenvalue weighted by molar-refractivity contribution is -0.117. The zero-order chi connectivity index (χ0) is 25.8. The molecule has 0 radical (unpaired) electrons. The van der Waals surface area contributed by atoms with Crippen molar-refractivity contribution in [2.75, 3.05) is 17.3 Å². The lowest BCUT2D eigenvalue weighted by Gasteiger charge is -2.19. The lowest BCUT2D eigenvalue weighted by atomic mass is 10.1. The molecule has 2 amide bonds. The third-order valence-electron chi connectivity index (χ3n) is 5.58. The molecule has 36 heavy (non-hydrogen) atoms. The van der Waals surface area contributed by atoms with Crippen LogP contribution in [-0.4, -0.2) is 24.2 Å². The van der Waals surface area contributed by atoms with E-state index in [9.17, 15) is 14.9 Å². The Morgan fingerprint density at radius 1 is 1.11 bits per heavy atom. The summed E-state index contributed by atoms with van der Waals surface area (Å²) in [6.45, 7) is 1.94. The number of rotatable bonds is 6. The molecule has 0 aliphatic carbocycles. The Hall–Kier alpha value is -3.44. The molecule has 0 saturated carbocycles. The van der Waals surface area contributed by atoms with Gasteiger partial charge in [-0.25, -0.2) is 0 Å². The van der Waals surface area contributed by atoms with Gasteiger partial charge in [0.15, 0.2) is 0 Å². The minimum absolute atomic E-state index is 0.163. The van der Waals surface area contributed by atoms with Crippen LogP contribution in [0.15, 0.2) is 77.3 Å². The van der Waals surface area contributed by atoms with E-state index >= 15 is 0 Å². The van der Waals surface area contributed by atoms with Crippen LogP contribution >= 0.6 is 35.0 Å². The average molecular weight is 538 g/mol. The first kappa shape index (κ1) is 25.6. The number of methoxy groups -OCH3 is 1. The van der Waals surface area contributed by atoms with Crippen molar-refractivity contribution in [3.63, 3.8) is 0 Å². The highest BCUT2D eigenvalue weighted by atomic mass is 35.5. The molecule has 1 fully saturated rings. The van der Waals surface area contributed by atoms with Gasteiger partial charge in [-0.05, 0) is 61.4 Å². The van der Waals surface area contributed by atoms with Crippen LogP contribution in [0.1, 0.15) is 11.1 Å². The molecule has 9 heteroatoms. The number of ether oxygens (including phenoxy) is 1. The van der Waals surface area contributed by atoms with Gasteiger partial charge >= 0.3 is 0 Å². The normalized spacial score (nSPS) is 16.5. The molecule has 1 aliphatic rings. The molecule has 0 spiro atoms. The molecule has 3 aromatic rings. The minimum Gasteiger partial charge on any atom is -0.497 e. The first-order chi connectivity index (χ1) is 17.3. The Balaban J connectivity index is 1.74. The van der Waals surface area contributed by atoms with Gasteiger partial charge in [-0.2, -0.15) is 5.26 Å². The van der Waals surface area contributed by atoms with E-state index in [-0.39, 0.29) is 22.9 Å². The average Bonchev–Trinajstić information content (AvgIpc) is 3.19. The minimum atomic E-state index is -0.617. The van der Waals surface area contributed by atoms with Crippen molar-refractivity contribution in [1.82, 2.24) is 0 Å². The molecule has 182 valence electrons. The molecule has 4 rings (SSSR count). The van der Waals surface area contributed by atoms with Gasteiger partial charge in [0, 0.05) is 11.4 Å². The van der Waals surface area contributed by atoms with E-state index < -0.39 is 11.2 Å². The van der Waals surface area contributed by atoms with Gasteiger partial charge in [0.1, 0.15) is 22.4 Å². The van der Waals surface area contributed by atoms with Crippen LogP contribution in [0.5, 0.6) is 5.75 Å². The van der Waals surface area contributed by atoms with Gasteiger partial charge in [0.05, 0.1) is 22.4 Å². The summed E-state index contributed by atoms with van der Waals surface area (Å²) in [4.78, 5) is 28.2. The summed E-state index contributed by atoms with van der Waals surface area (Å²) in [5.41, 5.74) is 2.64. The molecule has 0 aromatic heterocycles. The molecule has 3 aromatic carbocycles. The summed E-state index contributed by atoms with van der Waals surface area (Å²) in [6, 6.07) is 21.3. The Morgan fingerprint density at radius 2 is 1.81 bits per heavy atom. The number of thioether (sulfide) groups is 1. The van der Waals surface area contributed by atoms with Gasteiger partial charge in [-0.1, -0.05) is 64.8 Å². The van der Waals surface area contributed by atoms with E-state index in [1.165, 1.54) is 4.90 Å². The number of hydrogen-bond acceptors (Lipinski definition) is 5. The summed E-state index contributed by atoms with van der Waals surface area (Å²) in [5.74, 6) is -0.257. The first-order valence-corrected chi connectivity index (χ1v) is 12.6. The number of nitrogens with one attached hydrogen (secondary N) is 1. The highest BCUT2D eigenvalue weighted by Gasteiger charge is 2.41. The van der Waals surface area contributed by atoms with Crippen molar-refractivity contribution in [2.45, 2.75) is 18.6 Å². The summed E-state index contributed by atoms with van der Waals surface area (Å²) in [7, 11) is 1.55. The first-order valence-electron chi connectivity index (χ1n) is 10.9. The Morgan fingerprint density at radius 3 is 2.44 bits per heavy atom. The van der Waals surface area contributed by atoms with Gasteiger partial charge in [0.2, 0.25) is 5.91 Å². The summed E-state index contributed by atoms with van der Waals surface area (Å²) < 4.78 is 5.23. The van der Waals surface area contributed by atoms with E-state index in [1.54, 1.807) is 61.7 Å². The fraction of sp³-hybridized carbons (Fsp3) is 0.148. The summed E-state index contributed by atoms with van der Waals surface area (Å²) in [6.07, 6.45) is 0.275. The SMILES string of the molecule is COc1ccc(N2C(=O)C(Cc3cccc(Cl)c3Cl)S/C2=C(/C#N)C(=O)Nc2ccc(C)cc2)cc1. The maximum atomic E-state index is 13.6. The zero-order valence-corrected chi connectivity index (χ0v) is 21.7. The predicted molar refractivity (Wildman–Crippen MR) is 144 cm³/mol. The molecule has 0 bridgehead atoms. The molecule has 1 heterocycles. The quantitative estimate of drug-likeness (QED) is 0.291. The van der Waals surface area contributed by atoms with Crippen molar-refractivity contribution in [1.29, 1.82) is 5.26 Å². The molecule has 1 N–H and O–H groups in total. The molecule has 1 atom stereocenters. The summed E-state index contributed by atoms with van der Waals surface area (Å²) >= 11 is 13.7. The number of aryl methyl sites for hydroxylation is 1. The lowest BCUT2D eigenvalue weighted by Crippen LogP contribution is -2.31. The van der Waals surface area contributed by atoms with E-state index in [0.29, 0.717) is 32.7 Å². The Kier molecular flexibility index (Phi) is 7.90. The second kappa shape index (κ2) is 11.1. The fourth-order valence-corrected chi connectivity index (χ4v) is 5.38. The van der Waals surface area contributed by atoms with Crippen LogP contribution < -0.4 is 15.0 Å². The fourth-order valence-electron chi connectivity index (χ4n) is 3.69. The third kappa shape index (κ3) is 5.36. The van der Waals surface area contributed by atoms with Crippen molar-refractivity contribution in [3.8, 4) is 11.8 Å². The molecule has 1 saturated heterocycles. The molecule has 1 unspecified atom stereocenters. The van der Waals surface area contributed by atoms with E-state index in [0.717, 1.165) is 17.3 Å². The van der Waals surface area contributed by atoms with Gasteiger partial charge < -0.3 is 10.1 Å². The Labute approximate surface area is 223 Å². The van der Waals surface area contributed by atoms with E-state index in [2.05, 4.69) is 5.32 Å². The molecule has 6 nitrogen and oxygen atoms in total. The van der Waals surface area contributed by atoms with Crippen molar-refractivity contribution in [2.24, 2.45) is 0 Å². The third-order valence-corrected chi connectivity index (χ3v) is 7.70. The highest BCUT2D eigenvalue weighted by Crippen LogP contribution is 2.43. The van der Waals surface area contributed by atoms with Crippen molar-refractivity contribution in [3.05, 3.63) is 98.5 Å². The van der Waals surface area contributed by atoms with Gasteiger partial charge in [0.25, 0.3) is 5.91 Å². The topological polar surface area (TPSA) is 82.4 Å². The second-order valence-electron chi connectivity index (χ2n) is 8.01. The number of nitrogens with zero attached hydrogens (tertiary/aromatic N) is 2. The number of anilines is 2.